The van der Waals surface area contributed by atoms with Crippen LogP contribution in [0.4, 0.5) is 16.2 Å². The Hall–Kier alpha value is -2.31. The summed E-state index contributed by atoms with van der Waals surface area (Å²) >= 11 is 0. The summed E-state index contributed by atoms with van der Waals surface area (Å²) in [6, 6.07) is 2.93. The highest BCUT2D eigenvalue weighted by atomic mass is 16.6. The Bertz CT molecular complexity index is 577. The molecule has 0 spiro atoms. The molecular formula is C14H18N2O5. The van der Waals surface area contributed by atoms with Gasteiger partial charge in [-0.05, 0) is 45.2 Å². The summed E-state index contributed by atoms with van der Waals surface area (Å²) < 4.78 is 10.5. The summed E-state index contributed by atoms with van der Waals surface area (Å²) in [6.07, 6.45) is 0.884. The molecule has 0 unspecified atom stereocenters. The van der Waals surface area contributed by atoms with Crippen molar-refractivity contribution in [3.63, 3.8) is 0 Å². The summed E-state index contributed by atoms with van der Waals surface area (Å²) in [7, 11) is 0. The largest absolute Gasteiger partial charge is 0.493 e. The molecule has 1 N–H and O–H groups in total. The third-order valence-corrected chi connectivity index (χ3v) is 2.86. The van der Waals surface area contributed by atoms with Crippen molar-refractivity contribution in [3.05, 3.63) is 27.8 Å². The number of nitro groups is 1. The van der Waals surface area contributed by atoms with E-state index in [1.54, 1.807) is 26.8 Å². The lowest BCUT2D eigenvalue weighted by Gasteiger charge is -2.21. The van der Waals surface area contributed by atoms with Crippen molar-refractivity contribution in [2.24, 2.45) is 0 Å². The van der Waals surface area contributed by atoms with Gasteiger partial charge in [0.25, 0.3) is 5.69 Å². The number of rotatable bonds is 2. The maximum Gasteiger partial charge on any atom is 0.412 e. The molecule has 1 heterocycles. The fourth-order valence-corrected chi connectivity index (χ4v) is 2.05. The third kappa shape index (κ3) is 3.84. The molecule has 0 fully saturated rings. The summed E-state index contributed by atoms with van der Waals surface area (Å²) in [5, 5.41) is 13.6. The quantitative estimate of drug-likeness (QED) is 0.667. The van der Waals surface area contributed by atoms with Crippen LogP contribution in [-0.2, 0) is 11.2 Å². The molecule has 7 nitrogen and oxygen atoms in total. The summed E-state index contributed by atoms with van der Waals surface area (Å²) in [5.74, 6) is 0.502. The van der Waals surface area contributed by atoms with Crippen LogP contribution in [0.5, 0.6) is 5.75 Å². The Kier molecular flexibility index (Phi) is 4.02. The van der Waals surface area contributed by atoms with E-state index in [9.17, 15) is 14.9 Å². The van der Waals surface area contributed by atoms with E-state index in [0.29, 0.717) is 12.4 Å². The zero-order valence-electron chi connectivity index (χ0n) is 12.3. The molecule has 0 aromatic heterocycles. The Balaban J connectivity index is 2.29. The SMILES string of the molecule is CC(C)(C)OC(=O)Nc1cc2c(cc1[N+](=O)[O-])OCCC2. The van der Waals surface area contributed by atoms with Gasteiger partial charge in [-0.15, -0.1) is 0 Å². The predicted octanol–water partition coefficient (Wildman–Crippen LogP) is 3.27. The first-order chi connectivity index (χ1) is 9.76. The van der Waals surface area contributed by atoms with Crippen LogP contribution in [0.2, 0.25) is 0 Å². The normalized spacial score (nSPS) is 13.9. The van der Waals surface area contributed by atoms with E-state index in [1.807, 2.05) is 0 Å². The second kappa shape index (κ2) is 5.59. The van der Waals surface area contributed by atoms with Crippen LogP contribution < -0.4 is 10.1 Å². The highest BCUT2D eigenvalue weighted by Gasteiger charge is 2.24. The number of ether oxygens (including phenoxy) is 2. The first-order valence-electron chi connectivity index (χ1n) is 6.70. The molecular weight excluding hydrogens is 276 g/mol. The first-order valence-corrected chi connectivity index (χ1v) is 6.70. The Labute approximate surface area is 122 Å². The minimum absolute atomic E-state index is 0.124. The number of benzene rings is 1. The molecule has 2 rings (SSSR count). The molecule has 0 radical (unpaired) electrons. The van der Waals surface area contributed by atoms with Crippen LogP contribution in [0.25, 0.3) is 0 Å². The van der Waals surface area contributed by atoms with Gasteiger partial charge >= 0.3 is 6.09 Å². The number of hydrogen-bond donors (Lipinski definition) is 1. The van der Waals surface area contributed by atoms with Crippen LogP contribution in [0.15, 0.2) is 12.1 Å². The predicted molar refractivity (Wildman–Crippen MR) is 76.8 cm³/mol. The van der Waals surface area contributed by atoms with Crippen LogP contribution in [0, 0.1) is 10.1 Å². The highest BCUT2D eigenvalue weighted by Crippen LogP contribution is 2.35. The topological polar surface area (TPSA) is 90.7 Å². The summed E-state index contributed by atoms with van der Waals surface area (Å²) in [5.41, 5.74) is 0.0915. The Morgan fingerprint density at radius 3 is 2.76 bits per heavy atom. The lowest BCUT2D eigenvalue weighted by molar-refractivity contribution is -0.384. The van der Waals surface area contributed by atoms with E-state index >= 15 is 0 Å². The molecule has 1 aromatic rings. The molecule has 0 saturated heterocycles. The number of nitro benzene ring substituents is 1. The van der Waals surface area contributed by atoms with Gasteiger partial charge in [0.05, 0.1) is 17.6 Å². The molecule has 0 saturated carbocycles. The van der Waals surface area contributed by atoms with E-state index in [1.165, 1.54) is 6.07 Å². The number of carbonyl (C=O) groups is 1. The van der Waals surface area contributed by atoms with Crippen LogP contribution in [0.3, 0.4) is 0 Å². The third-order valence-electron chi connectivity index (χ3n) is 2.86. The van der Waals surface area contributed by atoms with E-state index in [4.69, 9.17) is 9.47 Å². The van der Waals surface area contributed by atoms with Crippen LogP contribution >= 0.6 is 0 Å². The molecule has 1 aliphatic heterocycles. The average molecular weight is 294 g/mol. The van der Waals surface area contributed by atoms with Crippen molar-refractivity contribution in [1.82, 2.24) is 0 Å². The molecule has 0 aliphatic carbocycles. The second-order valence-corrected chi connectivity index (χ2v) is 5.81. The van der Waals surface area contributed by atoms with Gasteiger partial charge in [-0.25, -0.2) is 4.79 Å². The van der Waals surface area contributed by atoms with Gasteiger partial charge in [0.15, 0.2) is 0 Å². The monoisotopic (exact) mass is 294 g/mol. The lowest BCUT2D eigenvalue weighted by atomic mass is 10.0. The number of anilines is 1. The van der Waals surface area contributed by atoms with Crippen LogP contribution in [0.1, 0.15) is 32.8 Å². The fraction of sp³-hybridized carbons (Fsp3) is 0.500. The van der Waals surface area contributed by atoms with Crippen molar-refractivity contribution in [2.45, 2.75) is 39.2 Å². The molecule has 7 heteroatoms. The number of carbonyl (C=O) groups excluding carboxylic acids is 1. The molecule has 0 bridgehead atoms. The summed E-state index contributed by atoms with van der Waals surface area (Å²) in [6.45, 7) is 5.72. The second-order valence-electron chi connectivity index (χ2n) is 5.81. The first kappa shape index (κ1) is 15.1. The van der Waals surface area contributed by atoms with Crippen molar-refractivity contribution < 1.29 is 19.2 Å². The van der Waals surface area contributed by atoms with Crippen molar-refractivity contribution >= 4 is 17.5 Å². The van der Waals surface area contributed by atoms with Gasteiger partial charge < -0.3 is 9.47 Å². The van der Waals surface area contributed by atoms with Gasteiger partial charge in [-0.2, -0.15) is 0 Å². The standard InChI is InChI=1S/C14H18N2O5/c1-14(2,3)21-13(17)15-10-7-9-5-4-6-20-12(9)8-11(10)16(18)19/h7-8H,4-6H2,1-3H3,(H,15,17). The smallest absolute Gasteiger partial charge is 0.412 e. The number of nitrogens with zero attached hydrogens (tertiary/aromatic N) is 1. The van der Waals surface area contributed by atoms with E-state index in [-0.39, 0.29) is 11.4 Å². The van der Waals surface area contributed by atoms with E-state index in [2.05, 4.69) is 5.32 Å². The molecule has 1 aromatic carbocycles. The maximum atomic E-state index is 11.8. The lowest BCUT2D eigenvalue weighted by Crippen LogP contribution is -2.27. The van der Waals surface area contributed by atoms with Gasteiger partial charge in [-0.1, -0.05) is 0 Å². The van der Waals surface area contributed by atoms with Crippen molar-refractivity contribution in [1.29, 1.82) is 0 Å². The van der Waals surface area contributed by atoms with Gasteiger partial charge in [0, 0.05) is 0 Å². The molecule has 1 aliphatic rings. The molecule has 0 atom stereocenters. The number of fused-ring (bicyclic) bond motifs is 1. The zero-order valence-corrected chi connectivity index (χ0v) is 12.3. The van der Waals surface area contributed by atoms with Crippen LogP contribution in [-0.4, -0.2) is 23.2 Å². The number of nitrogens with one attached hydrogen (secondary N) is 1. The summed E-state index contributed by atoms with van der Waals surface area (Å²) in [4.78, 5) is 22.4. The maximum absolute atomic E-state index is 11.8. The number of hydrogen-bond acceptors (Lipinski definition) is 5. The molecule has 1 amide bonds. The number of amides is 1. The average Bonchev–Trinajstić information content (AvgIpc) is 2.35. The van der Waals surface area contributed by atoms with Crippen molar-refractivity contribution in [2.75, 3.05) is 11.9 Å². The van der Waals surface area contributed by atoms with Crippen molar-refractivity contribution in [3.8, 4) is 5.75 Å². The minimum Gasteiger partial charge on any atom is -0.493 e. The van der Waals surface area contributed by atoms with Gasteiger partial charge in [0.2, 0.25) is 0 Å². The zero-order chi connectivity index (χ0) is 15.6. The van der Waals surface area contributed by atoms with E-state index < -0.39 is 16.6 Å². The molecule has 114 valence electrons. The minimum atomic E-state index is -0.720. The highest BCUT2D eigenvalue weighted by molar-refractivity contribution is 5.88. The van der Waals surface area contributed by atoms with E-state index in [0.717, 1.165) is 18.4 Å². The van der Waals surface area contributed by atoms with Gasteiger partial charge in [0.1, 0.15) is 17.0 Å². The van der Waals surface area contributed by atoms with Gasteiger partial charge in [-0.3, -0.25) is 15.4 Å². The Morgan fingerprint density at radius 2 is 2.14 bits per heavy atom. The fourth-order valence-electron chi connectivity index (χ4n) is 2.05. The number of aryl methyl sites for hydroxylation is 1. The molecule has 21 heavy (non-hydrogen) atoms. The Morgan fingerprint density at radius 1 is 1.43 bits per heavy atom.